The van der Waals surface area contributed by atoms with Crippen molar-refractivity contribution >= 4 is 39.3 Å². The van der Waals surface area contributed by atoms with Gasteiger partial charge in [-0.3, -0.25) is 4.79 Å². The van der Waals surface area contributed by atoms with E-state index >= 15 is 0 Å². The van der Waals surface area contributed by atoms with Crippen LogP contribution in [0.4, 0.5) is 5.69 Å². The van der Waals surface area contributed by atoms with Crippen LogP contribution in [0.25, 0.3) is 0 Å². The summed E-state index contributed by atoms with van der Waals surface area (Å²) in [6.45, 7) is 0. The summed E-state index contributed by atoms with van der Waals surface area (Å²) in [5.74, 6) is -0.818. The lowest BCUT2D eigenvalue weighted by Gasteiger charge is -2.05. The maximum atomic E-state index is 10.6. The molecule has 0 atom stereocenters. The highest BCUT2D eigenvalue weighted by Crippen LogP contribution is 2.31. The molecule has 0 fully saturated rings. The minimum atomic E-state index is -0.818. The maximum Gasteiger partial charge on any atom is 0.307 e. The van der Waals surface area contributed by atoms with Gasteiger partial charge in [0.15, 0.2) is 0 Å². The molecular formula is C14H12BrNO2S. The topological polar surface area (TPSA) is 63.3 Å². The van der Waals surface area contributed by atoms with Gasteiger partial charge >= 0.3 is 5.97 Å². The van der Waals surface area contributed by atoms with Crippen LogP contribution in [0.3, 0.4) is 0 Å². The first kappa shape index (κ1) is 14.0. The fourth-order valence-corrected chi connectivity index (χ4v) is 2.68. The molecule has 0 aliphatic carbocycles. The smallest absolute Gasteiger partial charge is 0.307 e. The van der Waals surface area contributed by atoms with Crippen LogP contribution in [0.2, 0.25) is 0 Å². The number of carboxylic acids is 1. The lowest BCUT2D eigenvalue weighted by atomic mass is 10.2. The zero-order valence-electron chi connectivity index (χ0n) is 9.97. The van der Waals surface area contributed by atoms with E-state index in [1.165, 1.54) is 0 Å². The van der Waals surface area contributed by atoms with Gasteiger partial charge in [0.1, 0.15) is 0 Å². The molecule has 98 valence electrons. The van der Waals surface area contributed by atoms with Crippen LogP contribution in [0.1, 0.15) is 5.56 Å². The molecule has 0 aliphatic heterocycles. The second kappa shape index (κ2) is 6.12. The number of nitrogens with two attached hydrogens (primary N) is 1. The first-order valence-electron chi connectivity index (χ1n) is 5.58. The molecular weight excluding hydrogens is 326 g/mol. The molecule has 0 radical (unpaired) electrons. The fourth-order valence-electron chi connectivity index (χ4n) is 1.57. The molecule has 0 unspecified atom stereocenters. The predicted molar refractivity (Wildman–Crippen MR) is 80.5 cm³/mol. The summed E-state index contributed by atoms with van der Waals surface area (Å²) in [6.07, 6.45) is 0.0518. The van der Waals surface area contributed by atoms with Crippen molar-refractivity contribution in [2.45, 2.75) is 16.2 Å². The van der Waals surface area contributed by atoms with Crippen molar-refractivity contribution in [3.63, 3.8) is 0 Å². The van der Waals surface area contributed by atoms with Gasteiger partial charge < -0.3 is 10.8 Å². The van der Waals surface area contributed by atoms with E-state index in [2.05, 4.69) is 15.9 Å². The van der Waals surface area contributed by atoms with Gasteiger partial charge in [-0.1, -0.05) is 23.9 Å². The number of hydrogen-bond donors (Lipinski definition) is 2. The number of anilines is 1. The van der Waals surface area contributed by atoms with Crippen LogP contribution in [0.5, 0.6) is 0 Å². The summed E-state index contributed by atoms with van der Waals surface area (Å²) in [5.41, 5.74) is 7.33. The van der Waals surface area contributed by atoms with Crippen molar-refractivity contribution in [3.8, 4) is 0 Å². The molecule has 0 aliphatic rings. The molecule has 0 aromatic heterocycles. The Bertz CT molecular complexity index is 599. The molecule has 5 heteroatoms. The number of carbonyl (C=O) groups is 1. The Balaban J connectivity index is 2.10. The Labute approximate surface area is 124 Å². The van der Waals surface area contributed by atoms with Gasteiger partial charge in [-0.25, -0.2) is 0 Å². The van der Waals surface area contributed by atoms with E-state index in [0.29, 0.717) is 5.69 Å². The number of halogens is 1. The Morgan fingerprint density at radius 3 is 2.37 bits per heavy atom. The van der Waals surface area contributed by atoms with Crippen molar-refractivity contribution in [2.75, 3.05) is 5.73 Å². The number of aliphatic carboxylic acids is 1. The van der Waals surface area contributed by atoms with E-state index in [-0.39, 0.29) is 6.42 Å². The maximum absolute atomic E-state index is 10.6. The number of carboxylic acid groups (broad SMARTS) is 1. The van der Waals surface area contributed by atoms with Gasteiger partial charge in [0.25, 0.3) is 0 Å². The summed E-state index contributed by atoms with van der Waals surface area (Å²) in [5, 5.41) is 8.70. The third-order valence-corrected chi connectivity index (χ3v) is 4.20. The van der Waals surface area contributed by atoms with Crippen molar-refractivity contribution in [2.24, 2.45) is 0 Å². The summed E-state index contributed by atoms with van der Waals surface area (Å²) < 4.78 is 0.883. The molecule has 0 saturated heterocycles. The van der Waals surface area contributed by atoms with Gasteiger partial charge in [-0.05, 0) is 51.8 Å². The van der Waals surface area contributed by atoms with Crippen LogP contribution in [0.15, 0.2) is 56.7 Å². The third kappa shape index (κ3) is 4.01. The van der Waals surface area contributed by atoms with Gasteiger partial charge in [0.2, 0.25) is 0 Å². The van der Waals surface area contributed by atoms with Crippen LogP contribution in [-0.2, 0) is 11.2 Å². The van der Waals surface area contributed by atoms with Crippen LogP contribution < -0.4 is 5.73 Å². The Hall–Kier alpha value is -1.46. The van der Waals surface area contributed by atoms with Crippen molar-refractivity contribution in [1.82, 2.24) is 0 Å². The highest BCUT2D eigenvalue weighted by Gasteiger charge is 2.03. The zero-order chi connectivity index (χ0) is 13.8. The molecule has 3 nitrogen and oxygen atoms in total. The monoisotopic (exact) mass is 337 g/mol. The molecule has 0 spiro atoms. The highest BCUT2D eigenvalue weighted by atomic mass is 79.9. The van der Waals surface area contributed by atoms with Crippen molar-refractivity contribution < 1.29 is 9.90 Å². The van der Waals surface area contributed by atoms with E-state index in [4.69, 9.17) is 10.8 Å². The summed E-state index contributed by atoms with van der Waals surface area (Å²) in [6, 6.07) is 13.3. The van der Waals surface area contributed by atoms with E-state index < -0.39 is 5.97 Å². The average molecular weight is 338 g/mol. The molecule has 19 heavy (non-hydrogen) atoms. The second-order valence-corrected chi connectivity index (χ2v) is 6.00. The van der Waals surface area contributed by atoms with Crippen molar-refractivity contribution in [3.05, 3.63) is 52.5 Å². The average Bonchev–Trinajstić information content (AvgIpc) is 2.36. The first-order valence-corrected chi connectivity index (χ1v) is 7.19. The van der Waals surface area contributed by atoms with Crippen LogP contribution in [-0.4, -0.2) is 11.1 Å². The van der Waals surface area contributed by atoms with E-state index in [0.717, 1.165) is 19.8 Å². The van der Waals surface area contributed by atoms with Gasteiger partial charge in [-0.15, -0.1) is 0 Å². The van der Waals surface area contributed by atoms with Gasteiger partial charge in [0.05, 0.1) is 6.42 Å². The van der Waals surface area contributed by atoms with E-state index in [1.807, 2.05) is 42.5 Å². The Kier molecular flexibility index (Phi) is 4.50. The minimum Gasteiger partial charge on any atom is -0.481 e. The molecule has 0 bridgehead atoms. The number of rotatable bonds is 4. The molecule has 2 aromatic rings. The number of hydrogen-bond acceptors (Lipinski definition) is 3. The molecule has 0 heterocycles. The quantitative estimate of drug-likeness (QED) is 0.832. The zero-order valence-corrected chi connectivity index (χ0v) is 12.4. The molecule has 2 aromatic carbocycles. The fraction of sp³-hybridized carbons (Fsp3) is 0.0714. The summed E-state index contributed by atoms with van der Waals surface area (Å²) in [7, 11) is 0. The Morgan fingerprint density at radius 1 is 1.16 bits per heavy atom. The predicted octanol–water partition coefficient (Wildman–Crippen LogP) is 3.81. The summed E-state index contributed by atoms with van der Waals surface area (Å²) >= 11 is 4.95. The molecule has 0 saturated carbocycles. The largest absolute Gasteiger partial charge is 0.481 e. The van der Waals surface area contributed by atoms with Crippen molar-refractivity contribution in [1.29, 1.82) is 0 Å². The summed E-state index contributed by atoms with van der Waals surface area (Å²) in [4.78, 5) is 12.7. The third-order valence-electron chi connectivity index (χ3n) is 2.48. The van der Waals surface area contributed by atoms with E-state index in [9.17, 15) is 4.79 Å². The highest BCUT2D eigenvalue weighted by molar-refractivity contribution is 9.10. The molecule has 3 N–H and O–H groups in total. The van der Waals surface area contributed by atoms with Crippen LogP contribution >= 0.6 is 27.7 Å². The number of benzene rings is 2. The normalized spacial score (nSPS) is 10.4. The number of nitrogen functional groups attached to an aromatic ring is 1. The molecule has 2 rings (SSSR count). The lowest BCUT2D eigenvalue weighted by molar-refractivity contribution is -0.136. The van der Waals surface area contributed by atoms with Gasteiger partial charge in [-0.2, -0.15) is 0 Å². The van der Waals surface area contributed by atoms with Gasteiger partial charge in [0, 0.05) is 20.0 Å². The lowest BCUT2D eigenvalue weighted by Crippen LogP contribution is -1.99. The SMILES string of the molecule is Nc1cc(Sc2ccc(CC(=O)O)cc2)ccc1Br. The first-order chi connectivity index (χ1) is 9.04. The van der Waals surface area contributed by atoms with E-state index in [1.54, 1.807) is 11.8 Å². The molecule has 0 amide bonds. The minimum absolute atomic E-state index is 0.0518. The van der Waals surface area contributed by atoms with Crippen LogP contribution in [0, 0.1) is 0 Å². The second-order valence-electron chi connectivity index (χ2n) is 4.00. The standard InChI is InChI=1S/C14H12BrNO2S/c15-12-6-5-11(8-13(12)16)19-10-3-1-9(2-4-10)7-14(17)18/h1-6,8H,7,16H2,(H,17,18). The Morgan fingerprint density at radius 2 is 1.79 bits per heavy atom.